The molecule has 0 aromatic heterocycles. The number of aliphatic carboxylic acids is 2. The Morgan fingerprint density at radius 1 is 1.14 bits per heavy atom. The smallest absolute Gasteiger partial charge is 0.414 e. The van der Waals surface area contributed by atoms with Crippen LogP contribution in [0.4, 0.5) is 4.79 Å². The first-order valence-corrected chi connectivity index (χ1v) is 6.78. The van der Waals surface area contributed by atoms with Gasteiger partial charge in [-0.15, -0.1) is 0 Å². The molecule has 0 spiro atoms. The van der Waals surface area contributed by atoms with Gasteiger partial charge < -0.3 is 30.6 Å². The standard InChI is InChI=1S/C11H20N2O2.C2H2O4.H2O/c1-11(2,3)15-10(14)13-5-4-8-6-12-7-9(8)13;3-1(4)2(5)6;/h8-9,12H,4-7H2,1-3H3;(H,3,4)(H,5,6);1H2/t8-,9+;;/m0../s1. The molecule has 0 unspecified atom stereocenters. The van der Waals surface area contributed by atoms with Crippen LogP contribution in [0.3, 0.4) is 0 Å². The van der Waals surface area contributed by atoms with Crippen LogP contribution in [-0.4, -0.2) is 69.9 Å². The van der Waals surface area contributed by atoms with E-state index in [9.17, 15) is 4.79 Å². The number of rotatable bonds is 0. The number of carbonyl (C=O) groups excluding carboxylic acids is 1. The lowest BCUT2D eigenvalue weighted by Gasteiger charge is -2.27. The highest BCUT2D eigenvalue weighted by Gasteiger charge is 2.41. The van der Waals surface area contributed by atoms with Crippen LogP contribution >= 0.6 is 0 Å². The molecule has 0 saturated carbocycles. The average Bonchev–Trinajstić information content (AvgIpc) is 2.87. The van der Waals surface area contributed by atoms with Crippen LogP contribution in [0.15, 0.2) is 0 Å². The third kappa shape index (κ3) is 5.86. The molecule has 22 heavy (non-hydrogen) atoms. The van der Waals surface area contributed by atoms with E-state index >= 15 is 0 Å². The topological polar surface area (TPSA) is 148 Å². The fraction of sp³-hybridized carbons (Fsp3) is 0.769. The maximum absolute atomic E-state index is 11.9. The van der Waals surface area contributed by atoms with E-state index in [1.165, 1.54) is 0 Å². The molecule has 2 aliphatic heterocycles. The number of hydrogen-bond acceptors (Lipinski definition) is 5. The molecule has 0 aliphatic carbocycles. The molecule has 9 nitrogen and oxygen atoms in total. The van der Waals surface area contributed by atoms with Crippen LogP contribution in [-0.2, 0) is 14.3 Å². The van der Waals surface area contributed by atoms with Crippen molar-refractivity contribution in [2.45, 2.75) is 38.8 Å². The number of likely N-dealkylation sites (tertiary alicyclic amines) is 1. The number of nitrogens with one attached hydrogen (secondary N) is 1. The van der Waals surface area contributed by atoms with Crippen molar-refractivity contribution in [3.63, 3.8) is 0 Å². The minimum Gasteiger partial charge on any atom is -0.473 e. The average molecular weight is 320 g/mol. The Hall–Kier alpha value is -1.87. The third-order valence-corrected chi connectivity index (χ3v) is 3.26. The van der Waals surface area contributed by atoms with Gasteiger partial charge in [0, 0.05) is 19.6 Å². The molecule has 128 valence electrons. The molecule has 2 atom stereocenters. The van der Waals surface area contributed by atoms with E-state index in [0.717, 1.165) is 26.1 Å². The number of carboxylic acids is 2. The highest BCUT2D eigenvalue weighted by atomic mass is 16.6. The largest absolute Gasteiger partial charge is 0.473 e. The van der Waals surface area contributed by atoms with Crippen molar-refractivity contribution in [3.05, 3.63) is 0 Å². The van der Waals surface area contributed by atoms with Gasteiger partial charge in [-0.25, -0.2) is 14.4 Å². The number of fused-ring (bicyclic) bond motifs is 1. The van der Waals surface area contributed by atoms with Gasteiger partial charge in [0.1, 0.15) is 5.60 Å². The van der Waals surface area contributed by atoms with Gasteiger partial charge in [0.2, 0.25) is 0 Å². The van der Waals surface area contributed by atoms with Gasteiger partial charge in [-0.3, -0.25) is 0 Å². The summed E-state index contributed by atoms with van der Waals surface area (Å²) in [7, 11) is 0. The first kappa shape index (κ1) is 20.1. The summed E-state index contributed by atoms with van der Waals surface area (Å²) in [6, 6.07) is 0.361. The first-order valence-electron chi connectivity index (χ1n) is 6.78. The van der Waals surface area contributed by atoms with Crippen molar-refractivity contribution in [2.75, 3.05) is 19.6 Å². The minimum atomic E-state index is -1.82. The van der Waals surface area contributed by atoms with Crippen molar-refractivity contribution in [1.82, 2.24) is 10.2 Å². The zero-order chi connectivity index (χ0) is 16.2. The molecule has 2 heterocycles. The molecule has 5 N–H and O–H groups in total. The monoisotopic (exact) mass is 320 g/mol. The maximum atomic E-state index is 11.9. The van der Waals surface area contributed by atoms with Gasteiger partial charge in [0.25, 0.3) is 0 Å². The SMILES string of the molecule is CC(C)(C)OC(=O)N1CC[C@H]2CNC[C@H]21.O.O=C(O)C(=O)O. The van der Waals surface area contributed by atoms with Gasteiger partial charge in [0.05, 0.1) is 6.04 Å². The number of carboxylic acid groups (broad SMARTS) is 2. The second-order valence-electron chi connectivity index (χ2n) is 6.06. The number of hydrogen-bond donors (Lipinski definition) is 3. The van der Waals surface area contributed by atoms with Gasteiger partial charge >= 0.3 is 18.0 Å². The number of ether oxygens (including phenoxy) is 1. The van der Waals surface area contributed by atoms with Crippen LogP contribution in [0.2, 0.25) is 0 Å². The summed E-state index contributed by atoms with van der Waals surface area (Å²) in [5.74, 6) is -3.01. The Labute approximate surface area is 128 Å². The van der Waals surface area contributed by atoms with Crippen molar-refractivity contribution < 1.29 is 34.8 Å². The summed E-state index contributed by atoms with van der Waals surface area (Å²) in [4.78, 5) is 32.0. The molecule has 0 radical (unpaired) electrons. The summed E-state index contributed by atoms with van der Waals surface area (Å²) in [6.45, 7) is 8.54. The highest BCUT2D eigenvalue weighted by Crippen LogP contribution is 2.28. The molecule has 2 aliphatic rings. The highest BCUT2D eigenvalue weighted by molar-refractivity contribution is 6.27. The molecule has 2 rings (SSSR count). The Morgan fingerprint density at radius 2 is 1.68 bits per heavy atom. The summed E-state index contributed by atoms with van der Waals surface area (Å²) in [5, 5.41) is 18.1. The van der Waals surface area contributed by atoms with E-state index in [-0.39, 0.29) is 17.2 Å². The van der Waals surface area contributed by atoms with E-state index in [4.69, 9.17) is 24.5 Å². The number of amides is 1. The van der Waals surface area contributed by atoms with Crippen LogP contribution in [0, 0.1) is 5.92 Å². The second kappa shape index (κ2) is 7.95. The van der Waals surface area contributed by atoms with Crippen molar-refractivity contribution in [1.29, 1.82) is 0 Å². The van der Waals surface area contributed by atoms with Crippen molar-refractivity contribution in [3.8, 4) is 0 Å². The minimum absolute atomic E-state index is 0. The molecular weight excluding hydrogens is 296 g/mol. The molecule has 9 heteroatoms. The van der Waals surface area contributed by atoms with Gasteiger partial charge in [-0.1, -0.05) is 0 Å². The summed E-state index contributed by atoms with van der Waals surface area (Å²) in [5.41, 5.74) is -0.388. The molecule has 1 amide bonds. The fourth-order valence-electron chi connectivity index (χ4n) is 2.40. The van der Waals surface area contributed by atoms with Gasteiger partial charge in [-0.2, -0.15) is 0 Å². The Balaban J connectivity index is 0.000000546. The van der Waals surface area contributed by atoms with Gasteiger partial charge in [0.15, 0.2) is 0 Å². The van der Waals surface area contributed by atoms with Crippen LogP contribution in [0.25, 0.3) is 0 Å². The van der Waals surface area contributed by atoms with E-state index in [1.54, 1.807) is 0 Å². The van der Waals surface area contributed by atoms with Crippen LogP contribution in [0.1, 0.15) is 27.2 Å². The summed E-state index contributed by atoms with van der Waals surface area (Å²) in [6.07, 6.45) is 0.954. The zero-order valence-electron chi connectivity index (χ0n) is 13.0. The van der Waals surface area contributed by atoms with Crippen LogP contribution < -0.4 is 5.32 Å². The molecule has 0 aromatic rings. The normalized spacial score (nSPS) is 22.8. The van der Waals surface area contributed by atoms with Crippen LogP contribution in [0.5, 0.6) is 0 Å². The predicted molar refractivity (Wildman–Crippen MR) is 76.6 cm³/mol. The summed E-state index contributed by atoms with van der Waals surface area (Å²) >= 11 is 0. The van der Waals surface area contributed by atoms with Gasteiger partial charge in [-0.05, 0) is 33.1 Å². The molecule has 2 fully saturated rings. The molecule has 0 bridgehead atoms. The van der Waals surface area contributed by atoms with E-state index < -0.39 is 11.9 Å². The maximum Gasteiger partial charge on any atom is 0.414 e. The van der Waals surface area contributed by atoms with Crippen molar-refractivity contribution in [2.24, 2.45) is 5.92 Å². The Kier molecular flexibility index (Phi) is 7.27. The van der Waals surface area contributed by atoms with E-state index in [2.05, 4.69) is 5.32 Å². The molecular formula is C13H24N2O7. The molecule has 0 aromatic carbocycles. The summed E-state index contributed by atoms with van der Waals surface area (Å²) < 4.78 is 5.39. The lowest BCUT2D eigenvalue weighted by molar-refractivity contribution is -0.159. The Morgan fingerprint density at radius 3 is 2.14 bits per heavy atom. The number of carbonyl (C=O) groups is 3. The second-order valence-corrected chi connectivity index (χ2v) is 6.06. The Bertz CT molecular complexity index is 407. The van der Waals surface area contributed by atoms with E-state index in [0.29, 0.717) is 12.0 Å². The quantitative estimate of drug-likeness (QED) is 0.512. The van der Waals surface area contributed by atoms with E-state index in [1.807, 2.05) is 25.7 Å². The predicted octanol–water partition coefficient (Wildman–Crippen LogP) is -0.454. The third-order valence-electron chi connectivity index (χ3n) is 3.26. The zero-order valence-corrected chi connectivity index (χ0v) is 13.0. The number of nitrogens with zero attached hydrogens (tertiary/aromatic N) is 1. The molecule has 2 saturated heterocycles. The van der Waals surface area contributed by atoms with Crippen molar-refractivity contribution >= 4 is 18.0 Å². The lowest BCUT2D eigenvalue weighted by Crippen LogP contribution is -2.42. The lowest BCUT2D eigenvalue weighted by atomic mass is 10.1. The fourth-order valence-corrected chi connectivity index (χ4v) is 2.40. The first-order chi connectivity index (χ1) is 9.61.